The van der Waals surface area contributed by atoms with Crippen molar-refractivity contribution in [2.45, 2.75) is 6.42 Å². The molecule has 7 heteroatoms. The molecular formula is C13H9I2N3O2. The number of terminal acetylenes is 1. The lowest BCUT2D eigenvalue weighted by atomic mass is 10.2. The third-order valence-corrected chi connectivity index (χ3v) is 3.57. The average molecular weight is 493 g/mol. The summed E-state index contributed by atoms with van der Waals surface area (Å²) in [5.74, 6) is 2.70. The molecule has 1 aromatic carbocycles. The van der Waals surface area contributed by atoms with Crippen molar-refractivity contribution in [2.75, 3.05) is 6.61 Å². The SMILES string of the molecule is C#CCOc1c(I)cc(/C=N\NC(=O)CC#N)cc1I. The number of rotatable bonds is 5. The Balaban J connectivity index is 2.79. The number of hydrogen-bond donors (Lipinski definition) is 1. The number of carbonyl (C=O) groups is 1. The normalized spacial score (nSPS) is 9.80. The smallest absolute Gasteiger partial charge is 0.254 e. The van der Waals surface area contributed by atoms with Gasteiger partial charge < -0.3 is 4.74 Å². The van der Waals surface area contributed by atoms with Gasteiger partial charge in [-0.3, -0.25) is 4.79 Å². The third kappa shape index (κ3) is 5.35. The summed E-state index contributed by atoms with van der Waals surface area (Å²) in [7, 11) is 0. The molecule has 20 heavy (non-hydrogen) atoms. The van der Waals surface area contributed by atoms with Crippen molar-refractivity contribution in [1.82, 2.24) is 5.43 Å². The summed E-state index contributed by atoms with van der Waals surface area (Å²) in [6.45, 7) is 0.212. The van der Waals surface area contributed by atoms with Crippen molar-refractivity contribution >= 4 is 57.3 Å². The van der Waals surface area contributed by atoms with Crippen LogP contribution >= 0.6 is 45.2 Å². The topological polar surface area (TPSA) is 74.5 Å². The molecule has 0 aromatic heterocycles. The molecule has 102 valence electrons. The van der Waals surface area contributed by atoms with E-state index in [9.17, 15) is 4.79 Å². The molecule has 1 rings (SSSR count). The number of halogens is 2. The Morgan fingerprint density at radius 1 is 1.50 bits per heavy atom. The quantitative estimate of drug-likeness (QED) is 0.296. The highest BCUT2D eigenvalue weighted by atomic mass is 127. The van der Waals surface area contributed by atoms with Crippen molar-refractivity contribution in [3.05, 3.63) is 24.8 Å². The fourth-order valence-electron chi connectivity index (χ4n) is 1.20. The minimum Gasteiger partial charge on any atom is -0.479 e. The number of ether oxygens (including phenoxy) is 1. The van der Waals surface area contributed by atoms with E-state index in [-0.39, 0.29) is 13.0 Å². The number of carbonyl (C=O) groups excluding carboxylic acids is 1. The van der Waals surface area contributed by atoms with Gasteiger partial charge in [-0.05, 0) is 62.9 Å². The Hall–Kier alpha value is -1.33. The summed E-state index contributed by atoms with van der Waals surface area (Å²) in [5, 5.41) is 12.1. The Labute approximate surface area is 144 Å². The van der Waals surface area contributed by atoms with Crippen molar-refractivity contribution < 1.29 is 9.53 Å². The Kier molecular flexibility index (Phi) is 7.33. The number of amides is 1. The Morgan fingerprint density at radius 3 is 2.70 bits per heavy atom. The second kappa shape index (κ2) is 8.76. The van der Waals surface area contributed by atoms with Gasteiger partial charge in [0.25, 0.3) is 5.91 Å². The van der Waals surface area contributed by atoms with E-state index >= 15 is 0 Å². The van der Waals surface area contributed by atoms with Crippen molar-refractivity contribution in [3.8, 4) is 24.2 Å². The second-order valence-corrected chi connectivity index (χ2v) is 5.76. The first-order valence-corrected chi connectivity index (χ1v) is 7.48. The summed E-state index contributed by atoms with van der Waals surface area (Å²) in [6.07, 6.45) is 6.45. The lowest BCUT2D eigenvalue weighted by molar-refractivity contribution is -0.120. The maximum atomic E-state index is 11.1. The van der Waals surface area contributed by atoms with Crippen LogP contribution in [0.2, 0.25) is 0 Å². The molecule has 5 nitrogen and oxygen atoms in total. The first kappa shape index (κ1) is 16.7. The molecular weight excluding hydrogens is 484 g/mol. The van der Waals surface area contributed by atoms with Crippen LogP contribution in [0, 0.1) is 30.8 Å². The van der Waals surface area contributed by atoms with Crippen LogP contribution in [-0.4, -0.2) is 18.7 Å². The van der Waals surface area contributed by atoms with Gasteiger partial charge in [-0.2, -0.15) is 10.4 Å². The molecule has 1 amide bonds. The number of nitriles is 1. The van der Waals surface area contributed by atoms with Crippen LogP contribution in [0.5, 0.6) is 5.75 Å². The number of benzene rings is 1. The molecule has 0 spiro atoms. The van der Waals surface area contributed by atoms with Crippen LogP contribution in [0.3, 0.4) is 0 Å². The van der Waals surface area contributed by atoms with Gasteiger partial charge >= 0.3 is 0 Å². The summed E-state index contributed by atoms with van der Waals surface area (Å²) in [4.78, 5) is 11.1. The monoisotopic (exact) mass is 493 g/mol. The van der Waals surface area contributed by atoms with E-state index in [4.69, 9.17) is 16.4 Å². The summed E-state index contributed by atoms with van der Waals surface area (Å²) < 4.78 is 7.24. The van der Waals surface area contributed by atoms with Crippen molar-refractivity contribution in [1.29, 1.82) is 5.26 Å². The molecule has 0 aliphatic carbocycles. The zero-order valence-corrected chi connectivity index (χ0v) is 14.5. The van der Waals surface area contributed by atoms with Gasteiger partial charge in [0.2, 0.25) is 0 Å². The molecule has 0 heterocycles. The van der Waals surface area contributed by atoms with Gasteiger partial charge in [-0.1, -0.05) is 5.92 Å². The van der Waals surface area contributed by atoms with E-state index in [2.05, 4.69) is 61.6 Å². The summed E-state index contributed by atoms with van der Waals surface area (Å²) in [5.41, 5.74) is 3.07. The zero-order chi connectivity index (χ0) is 15.0. The van der Waals surface area contributed by atoms with E-state index in [1.807, 2.05) is 12.1 Å². The van der Waals surface area contributed by atoms with Crippen molar-refractivity contribution in [2.24, 2.45) is 5.10 Å². The molecule has 1 N–H and O–H groups in total. The highest BCUT2D eigenvalue weighted by Crippen LogP contribution is 2.28. The maximum Gasteiger partial charge on any atom is 0.254 e. The van der Waals surface area contributed by atoms with E-state index in [0.717, 1.165) is 18.5 Å². The second-order valence-electron chi connectivity index (χ2n) is 3.43. The van der Waals surface area contributed by atoms with Gasteiger partial charge in [0.05, 0.1) is 19.4 Å². The van der Waals surface area contributed by atoms with Crippen LogP contribution in [0.15, 0.2) is 17.2 Å². The van der Waals surface area contributed by atoms with E-state index < -0.39 is 5.91 Å². The highest BCUT2D eigenvalue weighted by Gasteiger charge is 2.07. The predicted octanol–water partition coefficient (Wildman–Crippen LogP) is 2.27. The Bertz CT molecular complexity index is 592. The van der Waals surface area contributed by atoms with Crippen molar-refractivity contribution in [3.63, 3.8) is 0 Å². The first-order chi connectivity index (χ1) is 9.58. The van der Waals surface area contributed by atoms with Gasteiger partial charge in [0.15, 0.2) is 0 Å². The predicted molar refractivity (Wildman–Crippen MR) is 92.2 cm³/mol. The lowest BCUT2D eigenvalue weighted by Gasteiger charge is -2.08. The average Bonchev–Trinajstić information content (AvgIpc) is 2.38. The molecule has 0 fully saturated rings. The fourth-order valence-corrected chi connectivity index (χ4v) is 3.32. The van der Waals surface area contributed by atoms with Crippen LogP contribution in [0.25, 0.3) is 0 Å². The molecule has 1 aromatic rings. The zero-order valence-electron chi connectivity index (χ0n) is 10.2. The molecule has 0 saturated carbocycles. The van der Waals surface area contributed by atoms with Crippen LogP contribution in [-0.2, 0) is 4.79 Å². The largest absolute Gasteiger partial charge is 0.479 e. The number of hydrazone groups is 1. The van der Waals surface area contributed by atoms with Gasteiger partial charge in [0.1, 0.15) is 18.8 Å². The lowest BCUT2D eigenvalue weighted by Crippen LogP contribution is -2.16. The molecule has 0 bridgehead atoms. The van der Waals surface area contributed by atoms with Crippen LogP contribution < -0.4 is 10.2 Å². The van der Waals surface area contributed by atoms with E-state index in [1.54, 1.807) is 6.07 Å². The van der Waals surface area contributed by atoms with Crippen LogP contribution in [0.1, 0.15) is 12.0 Å². The van der Waals surface area contributed by atoms with E-state index in [0.29, 0.717) is 0 Å². The molecule has 0 unspecified atom stereocenters. The number of hydrogen-bond acceptors (Lipinski definition) is 4. The van der Waals surface area contributed by atoms with Gasteiger partial charge in [-0.25, -0.2) is 5.43 Å². The van der Waals surface area contributed by atoms with Crippen LogP contribution in [0.4, 0.5) is 0 Å². The fraction of sp³-hybridized carbons (Fsp3) is 0.154. The maximum absolute atomic E-state index is 11.1. The third-order valence-electron chi connectivity index (χ3n) is 1.96. The minimum atomic E-state index is -0.442. The standard InChI is InChI=1S/C13H9I2N3O2/c1-2-5-20-13-10(14)6-9(7-11(13)15)8-17-18-12(19)3-4-16/h1,6-8H,3,5H2,(H,18,19)/b17-8-. The first-order valence-electron chi connectivity index (χ1n) is 5.32. The minimum absolute atomic E-state index is 0.212. The number of nitrogens with zero attached hydrogens (tertiary/aromatic N) is 2. The Morgan fingerprint density at radius 2 is 2.15 bits per heavy atom. The molecule has 0 aliphatic rings. The summed E-state index contributed by atoms with van der Waals surface area (Å²) in [6, 6.07) is 5.45. The molecule has 0 saturated heterocycles. The molecule has 0 aliphatic heterocycles. The van der Waals surface area contributed by atoms with Gasteiger partial charge in [-0.15, -0.1) is 6.42 Å². The number of nitrogens with one attached hydrogen (secondary N) is 1. The van der Waals surface area contributed by atoms with E-state index in [1.165, 1.54) is 6.21 Å². The molecule has 0 radical (unpaired) electrons. The highest BCUT2D eigenvalue weighted by molar-refractivity contribution is 14.1. The van der Waals surface area contributed by atoms with Gasteiger partial charge in [0, 0.05) is 0 Å². The molecule has 0 atom stereocenters. The summed E-state index contributed by atoms with van der Waals surface area (Å²) >= 11 is 4.28.